The summed E-state index contributed by atoms with van der Waals surface area (Å²) in [4.78, 5) is 24.5. The minimum Gasteiger partial charge on any atom is -0.469 e. The van der Waals surface area contributed by atoms with Crippen LogP contribution in [0.15, 0.2) is 18.2 Å². The van der Waals surface area contributed by atoms with Crippen LogP contribution in [-0.4, -0.2) is 37.5 Å². The van der Waals surface area contributed by atoms with E-state index in [2.05, 4.69) is 4.74 Å². The van der Waals surface area contributed by atoms with Crippen LogP contribution in [0.2, 0.25) is 0 Å². The lowest BCUT2D eigenvalue weighted by atomic mass is 10.1. The van der Waals surface area contributed by atoms with Crippen molar-refractivity contribution in [3.8, 4) is 0 Å². The predicted octanol–water partition coefficient (Wildman–Crippen LogP) is 2.16. The summed E-state index contributed by atoms with van der Waals surface area (Å²) in [7, 11) is 2.96. The van der Waals surface area contributed by atoms with Crippen LogP contribution in [0.5, 0.6) is 0 Å². The molecular weight excluding hydrogens is 249 g/mol. The standard InChI is InChI=1S/C14H18FNO3/c1-10-6-7-11(15)9-12(10)14(18)16(2)8-4-5-13(17)19-3/h6-7,9H,4-5,8H2,1-3H3. The van der Waals surface area contributed by atoms with Crippen molar-refractivity contribution in [2.45, 2.75) is 19.8 Å². The van der Waals surface area contributed by atoms with Crippen molar-refractivity contribution in [2.75, 3.05) is 20.7 Å². The zero-order valence-corrected chi connectivity index (χ0v) is 11.4. The Morgan fingerprint density at radius 1 is 1.37 bits per heavy atom. The van der Waals surface area contributed by atoms with Gasteiger partial charge in [0.05, 0.1) is 7.11 Å². The van der Waals surface area contributed by atoms with E-state index in [1.54, 1.807) is 20.0 Å². The Balaban J connectivity index is 2.61. The Bertz CT molecular complexity index is 474. The number of carbonyl (C=O) groups is 2. The fourth-order valence-electron chi connectivity index (χ4n) is 1.69. The lowest BCUT2D eigenvalue weighted by Crippen LogP contribution is -2.28. The van der Waals surface area contributed by atoms with E-state index in [4.69, 9.17) is 0 Å². The molecule has 104 valence electrons. The summed E-state index contributed by atoms with van der Waals surface area (Å²) in [6, 6.07) is 4.13. The molecule has 0 aliphatic carbocycles. The molecule has 5 heteroatoms. The molecule has 0 heterocycles. The number of ether oxygens (including phenoxy) is 1. The maximum atomic E-state index is 13.1. The van der Waals surface area contributed by atoms with E-state index in [1.165, 1.54) is 24.1 Å². The number of nitrogens with zero attached hydrogens (tertiary/aromatic N) is 1. The van der Waals surface area contributed by atoms with Gasteiger partial charge in [0.25, 0.3) is 5.91 Å². The van der Waals surface area contributed by atoms with Gasteiger partial charge in [-0.05, 0) is 31.0 Å². The fourth-order valence-corrected chi connectivity index (χ4v) is 1.69. The van der Waals surface area contributed by atoms with Crippen LogP contribution in [0.3, 0.4) is 0 Å². The number of aryl methyl sites for hydroxylation is 1. The molecule has 0 spiro atoms. The van der Waals surface area contributed by atoms with Crippen molar-refractivity contribution < 1.29 is 18.7 Å². The van der Waals surface area contributed by atoms with Crippen LogP contribution >= 0.6 is 0 Å². The summed E-state index contributed by atoms with van der Waals surface area (Å²) in [5.74, 6) is -0.985. The molecule has 0 aliphatic heterocycles. The lowest BCUT2D eigenvalue weighted by Gasteiger charge is -2.18. The number of carbonyl (C=O) groups excluding carboxylic acids is 2. The van der Waals surface area contributed by atoms with E-state index < -0.39 is 5.82 Å². The molecule has 0 saturated carbocycles. The molecule has 0 N–H and O–H groups in total. The SMILES string of the molecule is COC(=O)CCCN(C)C(=O)c1cc(F)ccc1C. The van der Waals surface area contributed by atoms with Gasteiger partial charge in [-0.1, -0.05) is 6.07 Å². The molecule has 1 rings (SSSR count). The first-order chi connectivity index (χ1) is 8.95. The van der Waals surface area contributed by atoms with Crippen LogP contribution < -0.4 is 0 Å². The molecule has 4 nitrogen and oxygen atoms in total. The predicted molar refractivity (Wildman–Crippen MR) is 69.3 cm³/mol. The lowest BCUT2D eigenvalue weighted by molar-refractivity contribution is -0.140. The minimum absolute atomic E-state index is 0.248. The second kappa shape index (κ2) is 6.87. The van der Waals surface area contributed by atoms with Crippen LogP contribution in [0.4, 0.5) is 4.39 Å². The average molecular weight is 267 g/mol. The number of rotatable bonds is 5. The van der Waals surface area contributed by atoms with Gasteiger partial charge in [-0.3, -0.25) is 9.59 Å². The maximum absolute atomic E-state index is 13.1. The number of amides is 1. The van der Waals surface area contributed by atoms with Crippen LogP contribution in [0, 0.1) is 12.7 Å². The first-order valence-corrected chi connectivity index (χ1v) is 6.04. The molecule has 0 saturated heterocycles. The summed E-state index contributed by atoms with van der Waals surface area (Å²) in [6.45, 7) is 2.18. The molecule has 0 fully saturated rings. The Morgan fingerprint density at radius 3 is 2.68 bits per heavy atom. The second-order valence-electron chi connectivity index (χ2n) is 4.37. The summed E-state index contributed by atoms with van der Waals surface area (Å²) >= 11 is 0. The van der Waals surface area contributed by atoms with E-state index in [1.807, 2.05) is 0 Å². The second-order valence-corrected chi connectivity index (χ2v) is 4.37. The van der Waals surface area contributed by atoms with Crippen LogP contribution in [0.25, 0.3) is 0 Å². The molecular formula is C14H18FNO3. The molecule has 0 bridgehead atoms. The van der Waals surface area contributed by atoms with Crippen molar-refractivity contribution in [1.82, 2.24) is 4.90 Å². The van der Waals surface area contributed by atoms with Crippen LogP contribution in [0.1, 0.15) is 28.8 Å². The third-order valence-electron chi connectivity index (χ3n) is 2.88. The number of esters is 1. The highest BCUT2D eigenvalue weighted by Crippen LogP contribution is 2.12. The summed E-state index contributed by atoms with van der Waals surface area (Å²) < 4.78 is 17.7. The van der Waals surface area contributed by atoms with Crippen molar-refractivity contribution in [2.24, 2.45) is 0 Å². The van der Waals surface area contributed by atoms with Gasteiger partial charge in [-0.25, -0.2) is 4.39 Å². The van der Waals surface area contributed by atoms with E-state index in [-0.39, 0.29) is 18.3 Å². The zero-order valence-electron chi connectivity index (χ0n) is 11.4. The van der Waals surface area contributed by atoms with Gasteiger partial charge in [0.2, 0.25) is 0 Å². The Morgan fingerprint density at radius 2 is 2.05 bits per heavy atom. The molecule has 19 heavy (non-hydrogen) atoms. The van der Waals surface area contributed by atoms with Gasteiger partial charge in [0.1, 0.15) is 5.82 Å². The van der Waals surface area contributed by atoms with Gasteiger partial charge in [0.15, 0.2) is 0 Å². The molecule has 1 amide bonds. The van der Waals surface area contributed by atoms with Crippen molar-refractivity contribution in [3.63, 3.8) is 0 Å². The van der Waals surface area contributed by atoms with E-state index in [0.29, 0.717) is 18.5 Å². The number of hydrogen-bond donors (Lipinski definition) is 0. The maximum Gasteiger partial charge on any atom is 0.305 e. The topological polar surface area (TPSA) is 46.6 Å². The Hall–Kier alpha value is -1.91. The molecule has 0 unspecified atom stereocenters. The normalized spacial score (nSPS) is 10.1. The molecule has 0 aliphatic rings. The van der Waals surface area contributed by atoms with E-state index in [0.717, 1.165) is 5.56 Å². The Kier molecular flexibility index (Phi) is 5.48. The number of methoxy groups -OCH3 is 1. The molecule has 0 aromatic heterocycles. The summed E-state index contributed by atoms with van der Waals surface area (Å²) in [5, 5.41) is 0. The van der Waals surface area contributed by atoms with E-state index >= 15 is 0 Å². The van der Waals surface area contributed by atoms with Gasteiger partial charge in [0, 0.05) is 25.6 Å². The van der Waals surface area contributed by atoms with Gasteiger partial charge in [-0.15, -0.1) is 0 Å². The average Bonchev–Trinajstić information content (AvgIpc) is 2.40. The number of hydrogen-bond acceptors (Lipinski definition) is 3. The minimum atomic E-state index is -0.433. The van der Waals surface area contributed by atoms with Gasteiger partial charge >= 0.3 is 5.97 Å². The van der Waals surface area contributed by atoms with Crippen molar-refractivity contribution >= 4 is 11.9 Å². The van der Waals surface area contributed by atoms with Crippen molar-refractivity contribution in [3.05, 3.63) is 35.1 Å². The van der Waals surface area contributed by atoms with Crippen molar-refractivity contribution in [1.29, 1.82) is 0 Å². The Labute approximate surface area is 112 Å². The molecule has 0 atom stereocenters. The van der Waals surface area contributed by atoms with Gasteiger partial charge < -0.3 is 9.64 Å². The molecule has 1 aromatic rings. The quantitative estimate of drug-likeness (QED) is 0.768. The molecule has 1 aromatic carbocycles. The fraction of sp³-hybridized carbons (Fsp3) is 0.429. The summed E-state index contributed by atoms with van der Waals surface area (Å²) in [6.07, 6.45) is 0.777. The largest absolute Gasteiger partial charge is 0.469 e. The number of benzene rings is 1. The zero-order chi connectivity index (χ0) is 14.4. The monoisotopic (exact) mass is 267 g/mol. The third kappa shape index (κ3) is 4.35. The highest BCUT2D eigenvalue weighted by Gasteiger charge is 2.15. The van der Waals surface area contributed by atoms with Crippen LogP contribution in [-0.2, 0) is 9.53 Å². The molecule has 0 radical (unpaired) electrons. The smallest absolute Gasteiger partial charge is 0.305 e. The first-order valence-electron chi connectivity index (χ1n) is 6.04. The van der Waals surface area contributed by atoms with E-state index in [9.17, 15) is 14.0 Å². The third-order valence-corrected chi connectivity index (χ3v) is 2.88. The summed E-state index contributed by atoms with van der Waals surface area (Å²) in [5.41, 5.74) is 1.08. The number of halogens is 1. The highest BCUT2D eigenvalue weighted by molar-refractivity contribution is 5.95. The van der Waals surface area contributed by atoms with Gasteiger partial charge in [-0.2, -0.15) is 0 Å². The highest BCUT2D eigenvalue weighted by atomic mass is 19.1. The first kappa shape index (κ1) is 15.1.